The molecule has 1 amide bonds. The number of amides is 1. The highest BCUT2D eigenvalue weighted by molar-refractivity contribution is 5.88. The van der Waals surface area contributed by atoms with Crippen molar-refractivity contribution in [2.24, 2.45) is 0 Å². The van der Waals surface area contributed by atoms with Crippen LogP contribution in [0.5, 0.6) is 0 Å². The molecule has 2 fully saturated rings. The second-order valence-corrected chi connectivity index (χ2v) is 7.63. The lowest BCUT2D eigenvalue weighted by atomic mass is 9.73. The van der Waals surface area contributed by atoms with Gasteiger partial charge in [-0.15, -0.1) is 0 Å². The van der Waals surface area contributed by atoms with Crippen LogP contribution in [0.3, 0.4) is 0 Å². The number of benzene rings is 1. The Hall–Kier alpha value is -2.51. The molecular formula is C22H28N4O3. The van der Waals surface area contributed by atoms with Gasteiger partial charge in [-0.3, -0.25) is 4.79 Å². The second kappa shape index (κ2) is 8.88. The van der Waals surface area contributed by atoms with E-state index < -0.39 is 5.41 Å². The van der Waals surface area contributed by atoms with Crippen molar-refractivity contribution in [3.05, 3.63) is 53.5 Å². The topological polar surface area (TPSA) is 76.6 Å². The first-order valence-electron chi connectivity index (χ1n) is 10.3. The third kappa shape index (κ3) is 4.41. The largest absolute Gasteiger partial charge is 0.381 e. The number of ether oxygens (including phenoxy) is 2. The summed E-state index contributed by atoms with van der Waals surface area (Å²) >= 11 is 0. The van der Waals surface area contributed by atoms with E-state index in [1.54, 1.807) is 0 Å². The first-order valence-corrected chi connectivity index (χ1v) is 10.3. The van der Waals surface area contributed by atoms with E-state index in [1.807, 2.05) is 43.3 Å². The average molecular weight is 396 g/mol. The van der Waals surface area contributed by atoms with Gasteiger partial charge in [-0.25, -0.2) is 9.97 Å². The molecule has 2 aliphatic rings. The molecule has 2 aliphatic heterocycles. The van der Waals surface area contributed by atoms with Gasteiger partial charge in [0.05, 0.1) is 25.2 Å². The standard InChI is InChI=1S/C22H28N4O3/c1-17-15-20(26-9-13-29-14-10-26)25-19(24-17)16-23-21(27)22(7-11-28-12-8-22)18-5-3-2-4-6-18/h2-6,15H,7-14,16H2,1H3,(H,23,27). The van der Waals surface area contributed by atoms with Crippen LogP contribution in [-0.4, -0.2) is 55.4 Å². The number of anilines is 1. The van der Waals surface area contributed by atoms with Gasteiger partial charge in [0, 0.05) is 38.1 Å². The molecule has 2 saturated heterocycles. The highest BCUT2D eigenvalue weighted by atomic mass is 16.5. The summed E-state index contributed by atoms with van der Waals surface area (Å²) in [5.74, 6) is 1.55. The molecule has 1 aromatic heterocycles. The zero-order valence-corrected chi connectivity index (χ0v) is 16.9. The fourth-order valence-electron chi connectivity index (χ4n) is 4.10. The number of hydrogen-bond donors (Lipinski definition) is 1. The predicted molar refractivity (Wildman–Crippen MR) is 110 cm³/mol. The maximum Gasteiger partial charge on any atom is 0.231 e. The molecule has 1 N–H and O–H groups in total. The molecule has 7 nitrogen and oxygen atoms in total. The number of hydrogen-bond acceptors (Lipinski definition) is 6. The van der Waals surface area contributed by atoms with Crippen LogP contribution in [0.15, 0.2) is 36.4 Å². The molecule has 0 radical (unpaired) electrons. The molecule has 154 valence electrons. The quantitative estimate of drug-likeness (QED) is 0.833. The molecule has 0 unspecified atom stereocenters. The van der Waals surface area contributed by atoms with Crippen molar-refractivity contribution in [3.63, 3.8) is 0 Å². The van der Waals surface area contributed by atoms with Gasteiger partial charge in [-0.2, -0.15) is 0 Å². The number of aryl methyl sites for hydroxylation is 1. The number of nitrogens with one attached hydrogen (secondary N) is 1. The first kappa shape index (κ1) is 19.8. The van der Waals surface area contributed by atoms with E-state index in [-0.39, 0.29) is 5.91 Å². The van der Waals surface area contributed by atoms with Crippen molar-refractivity contribution in [3.8, 4) is 0 Å². The van der Waals surface area contributed by atoms with E-state index in [9.17, 15) is 4.79 Å². The van der Waals surface area contributed by atoms with Crippen LogP contribution in [0, 0.1) is 6.92 Å². The summed E-state index contributed by atoms with van der Waals surface area (Å²) in [5, 5.41) is 3.10. The maximum absolute atomic E-state index is 13.3. The van der Waals surface area contributed by atoms with Gasteiger partial charge in [0.15, 0.2) is 0 Å². The van der Waals surface area contributed by atoms with Gasteiger partial charge in [0.2, 0.25) is 5.91 Å². The van der Waals surface area contributed by atoms with Crippen LogP contribution in [0.1, 0.15) is 29.9 Å². The summed E-state index contributed by atoms with van der Waals surface area (Å²) in [6.07, 6.45) is 1.35. The number of rotatable bonds is 5. The number of nitrogens with zero attached hydrogens (tertiary/aromatic N) is 3. The third-order valence-corrected chi connectivity index (χ3v) is 5.74. The second-order valence-electron chi connectivity index (χ2n) is 7.63. The summed E-state index contributed by atoms with van der Waals surface area (Å²) < 4.78 is 11.0. The lowest BCUT2D eigenvalue weighted by Crippen LogP contribution is -2.48. The first-order chi connectivity index (χ1) is 14.2. The normalized spacial score (nSPS) is 19.0. The van der Waals surface area contributed by atoms with Crippen LogP contribution in [0.25, 0.3) is 0 Å². The van der Waals surface area contributed by atoms with Crippen molar-refractivity contribution in [2.75, 3.05) is 44.4 Å². The predicted octanol–water partition coefficient (Wildman–Crippen LogP) is 1.99. The Morgan fingerprint density at radius 2 is 1.76 bits per heavy atom. The molecule has 7 heteroatoms. The zero-order chi connectivity index (χ0) is 20.1. The lowest BCUT2D eigenvalue weighted by Gasteiger charge is -2.36. The number of aromatic nitrogens is 2. The molecule has 4 rings (SSSR count). The van der Waals surface area contributed by atoms with Crippen LogP contribution in [0.2, 0.25) is 0 Å². The van der Waals surface area contributed by atoms with Gasteiger partial charge in [0.1, 0.15) is 11.6 Å². The van der Waals surface area contributed by atoms with Crippen LogP contribution in [0.4, 0.5) is 5.82 Å². The van der Waals surface area contributed by atoms with E-state index in [0.29, 0.717) is 51.6 Å². The van der Waals surface area contributed by atoms with E-state index in [0.717, 1.165) is 30.2 Å². The van der Waals surface area contributed by atoms with Crippen LogP contribution in [-0.2, 0) is 26.2 Å². The van der Waals surface area contributed by atoms with Crippen molar-refractivity contribution in [2.45, 2.75) is 31.7 Å². The van der Waals surface area contributed by atoms with E-state index in [2.05, 4.69) is 20.2 Å². The van der Waals surface area contributed by atoms with Gasteiger partial charge in [0.25, 0.3) is 0 Å². The molecule has 29 heavy (non-hydrogen) atoms. The van der Waals surface area contributed by atoms with Crippen molar-refractivity contribution < 1.29 is 14.3 Å². The SMILES string of the molecule is Cc1cc(N2CCOCC2)nc(CNC(=O)C2(c3ccccc3)CCOCC2)n1. The molecule has 0 spiro atoms. The zero-order valence-electron chi connectivity index (χ0n) is 16.9. The molecule has 3 heterocycles. The Morgan fingerprint density at radius 3 is 2.48 bits per heavy atom. The van der Waals surface area contributed by atoms with Gasteiger partial charge in [-0.1, -0.05) is 30.3 Å². The third-order valence-electron chi connectivity index (χ3n) is 5.74. The molecule has 0 atom stereocenters. The maximum atomic E-state index is 13.3. The summed E-state index contributed by atoms with van der Waals surface area (Å²) in [6.45, 7) is 6.50. The molecular weight excluding hydrogens is 368 g/mol. The number of carbonyl (C=O) groups excluding carboxylic acids is 1. The lowest BCUT2D eigenvalue weighted by molar-refractivity contribution is -0.130. The summed E-state index contributed by atoms with van der Waals surface area (Å²) in [4.78, 5) is 24.7. The molecule has 0 bridgehead atoms. The Labute approximate surface area is 171 Å². The van der Waals surface area contributed by atoms with Gasteiger partial charge in [-0.05, 0) is 25.3 Å². The molecule has 0 saturated carbocycles. The Morgan fingerprint density at radius 1 is 1.07 bits per heavy atom. The fourth-order valence-corrected chi connectivity index (χ4v) is 4.10. The molecule has 1 aromatic carbocycles. The van der Waals surface area contributed by atoms with Crippen LogP contribution >= 0.6 is 0 Å². The summed E-state index contributed by atoms with van der Waals surface area (Å²) in [6, 6.07) is 12.0. The Kier molecular flexibility index (Phi) is 6.06. The van der Waals surface area contributed by atoms with Crippen molar-refractivity contribution in [1.82, 2.24) is 15.3 Å². The van der Waals surface area contributed by atoms with Crippen molar-refractivity contribution in [1.29, 1.82) is 0 Å². The highest BCUT2D eigenvalue weighted by Gasteiger charge is 2.41. The van der Waals surface area contributed by atoms with E-state index in [1.165, 1.54) is 0 Å². The minimum Gasteiger partial charge on any atom is -0.381 e. The van der Waals surface area contributed by atoms with Crippen LogP contribution < -0.4 is 10.2 Å². The minimum atomic E-state index is -0.559. The smallest absolute Gasteiger partial charge is 0.231 e. The minimum absolute atomic E-state index is 0.0185. The number of morpholine rings is 1. The van der Waals surface area contributed by atoms with Gasteiger partial charge < -0.3 is 19.7 Å². The highest BCUT2D eigenvalue weighted by Crippen LogP contribution is 2.35. The molecule has 0 aliphatic carbocycles. The van der Waals surface area contributed by atoms with Crippen molar-refractivity contribution >= 4 is 11.7 Å². The average Bonchev–Trinajstić information content (AvgIpc) is 2.79. The van der Waals surface area contributed by atoms with Gasteiger partial charge >= 0.3 is 0 Å². The fraction of sp³-hybridized carbons (Fsp3) is 0.500. The van der Waals surface area contributed by atoms with E-state index in [4.69, 9.17) is 9.47 Å². The monoisotopic (exact) mass is 396 g/mol. The summed E-state index contributed by atoms with van der Waals surface area (Å²) in [7, 11) is 0. The number of carbonyl (C=O) groups is 1. The van der Waals surface area contributed by atoms with E-state index >= 15 is 0 Å². The summed E-state index contributed by atoms with van der Waals surface area (Å²) in [5.41, 5.74) is 1.38. The Balaban J connectivity index is 1.50. The Bertz CT molecular complexity index is 831. The molecule has 2 aromatic rings.